The fourth-order valence-electron chi connectivity index (χ4n) is 3.31. The number of aliphatic hydroxyl groups excluding tert-OH is 1. The van der Waals surface area contributed by atoms with E-state index in [0.29, 0.717) is 5.56 Å². The number of rotatable bonds is 4. The molecule has 0 aromatic heterocycles. The lowest BCUT2D eigenvalue weighted by molar-refractivity contribution is -0.137. The number of carbonyl (C=O) groups excluding carboxylic acids is 1. The van der Waals surface area contributed by atoms with Crippen molar-refractivity contribution < 1.29 is 19.8 Å². The molecule has 5 nitrogen and oxygen atoms in total. The fraction of sp³-hybridized carbons (Fsp3) is 0.300. The van der Waals surface area contributed by atoms with Crippen molar-refractivity contribution in [2.24, 2.45) is 0 Å². The van der Waals surface area contributed by atoms with Crippen LogP contribution in [0.1, 0.15) is 42.6 Å². The van der Waals surface area contributed by atoms with E-state index >= 15 is 0 Å². The van der Waals surface area contributed by atoms with Gasteiger partial charge in [-0.25, -0.2) is 0 Å². The van der Waals surface area contributed by atoms with Gasteiger partial charge in [0.05, 0.1) is 17.5 Å². The average molecular weight is 339 g/mol. The second-order valence-electron chi connectivity index (χ2n) is 6.32. The largest absolute Gasteiger partial charge is 0.481 e. The van der Waals surface area contributed by atoms with Crippen LogP contribution >= 0.6 is 0 Å². The number of carboxylic acids is 1. The number of hydrogen-bond acceptors (Lipinski definition) is 3. The highest BCUT2D eigenvalue weighted by Gasteiger charge is 2.24. The lowest BCUT2D eigenvalue weighted by atomic mass is 9.99. The maximum absolute atomic E-state index is 12.4. The first-order valence-electron chi connectivity index (χ1n) is 8.38. The number of amides is 1. The monoisotopic (exact) mass is 339 g/mol. The zero-order valence-corrected chi connectivity index (χ0v) is 14.1. The lowest BCUT2D eigenvalue weighted by Crippen LogP contribution is -2.24. The quantitative estimate of drug-likeness (QED) is 0.895. The number of nitrogens with zero attached hydrogens (tertiary/aromatic N) is 1. The van der Waals surface area contributed by atoms with Crippen LogP contribution in [0.3, 0.4) is 0 Å². The molecular weight excluding hydrogens is 318 g/mol. The summed E-state index contributed by atoms with van der Waals surface area (Å²) in [6.07, 6.45) is 0.825. The van der Waals surface area contributed by atoms with Crippen LogP contribution in [0.4, 0.5) is 11.4 Å². The van der Waals surface area contributed by atoms with Gasteiger partial charge in [-0.15, -0.1) is 0 Å². The molecule has 2 aromatic carbocycles. The van der Waals surface area contributed by atoms with E-state index < -0.39 is 12.1 Å². The summed E-state index contributed by atoms with van der Waals surface area (Å²) in [5, 5.41) is 19.1. The van der Waals surface area contributed by atoms with Crippen LogP contribution in [0.2, 0.25) is 0 Å². The van der Waals surface area contributed by atoms with E-state index in [1.54, 1.807) is 4.90 Å². The normalized spacial score (nSPS) is 14.2. The zero-order valence-electron chi connectivity index (χ0n) is 14.1. The number of aryl methyl sites for hydroxylation is 2. The minimum Gasteiger partial charge on any atom is -0.481 e. The molecule has 2 aromatic rings. The van der Waals surface area contributed by atoms with E-state index in [1.807, 2.05) is 42.5 Å². The van der Waals surface area contributed by atoms with Crippen LogP contribution in [-0.2, 0) is 22.4 Å². The number of fused-ring (bicyclic) bond motifs is 2. The summed E-state index contributed by atoms with van der Waals surface area (Å²) in [6, 6.07) is 13.4. The number of anilines is 2. The van der Waals surface area contributed by atoms with Gasteiger partial charge in [-0.3, -0.25) is 14.5 Å². The molecule has 1 amide bonds. The van der Waals surface area contributed by atoms with Gasteiger partial charge in [0.2, 0.25) is 5.91 Å². The number of carboxylic acid groups (broad SMARTS) is 1. The molecule has 5 heteroatoms. The lowest BCUT2D eigenvalue weighted by Gasteiger charge is -2.24. The van der Waals surface area contributed by atoms with E-state index in [9.17, 15) is 14.7 Å². The Balaban J connectivity index is 2.02. The van der Waals surface area contributed by atoms with Crippen molar-refractivity contribution in [3.05, 3.63) is 59.2 Å². The van der Waals surface area contributed by atoms with Crippen molar-refractivity contribution in [3.8, 4) is 0 Å². The zero-order chi connectivity index (χ0) is 18.0. The molecule has 25 heavy (non-hydrogen) atoms. The molecule has 0 fully saturated rings. The molecule has 0 radical (unpaired) electrons. The summed E-state index contributed by atoms with van der Waals surface area (Å²) in [4.78, 5) is 24.8. The average Bonchev–Trinajstić information content (AvgIpc) is 2.75. The third-order valence-electron chi connectivity index (χ3n) is 4.58. The van der Waals surface area contributed by atoms with Crippen LogP contribution in [0.5, 0.6) is 0 Å². The maximum Gasteiger partial charge on any atom is 0.303 e. The van der Waals surface area contributed by atoms with Gasteiger partial charge in [0, 0.05) is 13.3 Å². The third kappa shape index (κ3) is 3.56. The molecule has 0 saturated carbocycles. The highest BCUT2D eigenvalue weighted by molar-refractivity contribution is 6.01. The number of carbonyl (C=O) groups is 2. The molecule has 2 N–H and O–H groups in total. The second-order valence-corrected chi connectivity index (χ2v) is 6.32. The van der Waals surface area contributed by atoms with Crippen molar-refractivity contribution in [2.75, 3.05) is 4.90 Å². The minimum atomic E-state index is -0.937. The Bertz CT molecular complexity index is 815. The summed E-state index contributed by atoms with van der Waals surface area (Å²) in [5.41, 5.74) is 4.42. The van der Waals surface area contributed by atoms with Crippen molar-refractivity contribution in [2.45, 2.75) is 38.7 Å². The number of para-hydroxylation sites is 1. The van der Waals surface area contributed by atoms with Crippen molar-refractivity contribution in [3.63, 3.8) is 0 Å². The first kappa shape index (κ1) is 17.2. The van der Waals surface area contributed by atoms with Crippen LogP contribution in [0.25, 0.3) is 0 Å². The Hall–Kier alpha value is -2.66. The molecule has 0 bridgehead atoms. The SMILES string of the molecule is CC(=O)N1c2ccccc2CCc2ccc(C(O)CCC(=O)O)cc21. The number of aliphatic carboxylic acids is 1. The summed E-state index contributed by atoms with van der Waals surface area (Å²) in [6.45, 7) is 1.53. The van der Waals surface area contributed by atoms with Crippen LogP contribution in [0, 0.1) is 0 Å². The second kappa shape index (κ2) is 7.07. The third-order valence-corrected chi connectivity index (χ3v) is 4.58. The Kier molecular flexibility index (Phi) is 4.86. The molecule has 1 aliphatic heterocycles. The standard InChI is InChI=1S/C20H21NO4/c1-13(22)21-17-5-3-2-4-14(17)6-7-15-8-9-16(12-18(15)21)19(23)10-11-20(24)25/h2-5,8-9,12,19,23H,6-7,10-11H2,1H3,(H,24,25). The molecular formula is C20H21NO4. The maximum atomic E-state index is 12.4. The van der Waals surface area contributed by atoms with Crippen LogP contribution < -0.4 is 4.90 Å². The van der Waals surface area contributed by atoms with E-state index in [0.717, 1.165) is 35.3 Å². The van der Waals surface area contributed by atoms with E-state index in [1.165, 1.54) is 6.92 Å². The van der Waals surface area contributed by atoms with Crippen molar-refractivity contribution >= 4 is 23.3 Å². The highest BCUT2D eigenvalue weighted by atomic mass is 16.4. The molecule has 1 heterocycles. The predicted octanol–water partition coefficient (Wildman–Crippen LogP) is 3.37. The smallest absolute Gasteiger partial charge is 0.303 e. The highest BCUT2D eigenvalue weighted by Crippen LogP contribution is 2.37. The summed E-state index contributed by atoms with van der Waals surface area (Å²) >= 11 is 0. The van der Waals surface area contributed by atoms with Gasteiger partial charge in [-0.1, -0.05) is 30.3 Å². The molecule has 0 spiro atoms. The van der Waals surface area contributed by atoms with Gasteiger partial charge in [0.25, 0.3) is 0 Å². The fourth-order valence-corrected chi connectivity index (χ4v) is 3.31. The Morgan fingerprint density at radius 2 is 1.76 bits per heavy atom. The molecule has 0 saturated heterocycles. The van der Waals surface area contributed by atoms with Gasteiger partial charge in [0.15, 0.2) is 0 Å². The van der Waals surface area contributed by atoms with Gasteiger partial charge in [-0.05, 0) is 48.1 Å². The Morgan fingerprint density at radius 1 is 1.08 bits per heavy atom. The summed E-state index contributed by atoms with van der Waals surface area (Å²) in [7, 11) is 0. The molecule has 1 unspecified atom stereocenters. The number of hydrogen-bond donors (Lipinski definition) is 2. The number of aliphatic hydroxyl groups is 1. The van der Waals surface area contributed by atoms with Gasteiger partial charge >= 0.3 is 5.97 Å². The minimum absolute atomic E-state index is 0.0900. The van der Waals surface area contributed by atoms with Gasteiger partial charge < -0.3 is 10.2 Å². The predicted molar refractivity (Wildman–Crippen MR) is 94.9 cm³/mol. The topological polar surface area (TPSA) is 77.8 Å². The Labute approximate surface area is 146 Å². The van der Waals surface area contributed by atoms with Gasteiger partial charge in [-0.2, -0.15) is 0 Å². The van der Waals surface area contributed by atoms with E-state index in [4.69, 9.17) is 5.11 Å². The first-order chi connectivity index (χ1) is 12.0. The molecule has 1 aliphatic rings. The Morgan fingerprint density at radius 3 is 2.44 bits per heavy atom. The van der Waals surface area contributed by atoms with Crippen LogP contribution in [0.15, 0.2) is 42.5 Å². The number of benzene rings is 2. The first-order valence-corrected chi connectivity index (χ1v) is 8.38. The van der Waals surface area contributed by atoms with E-state index in [-0.39, 0.29) is 18.7 Å². The summed E-state index contributed by atoms with van der Waals surface area (Å²) in [5.74, 6) is -1.03. The molecule has 130 valence electrons. The molecule has 1 atom stereocenters. The molecule has 3 rings (SSSR count). The molecule has 0 aliphatic carbocycles. The van der Waals surface area contributed by atoms with Crippen molar-refractivity contribution in [1.82, 2.24) is 0 Å². The van der Waals surface area contributed by atoms with Crippen LogP contribution in [-0.4, -0.2) is 22.1 Å². The summed E-state index contributed by atoms with van der Waals surface area (Å²) < 4.78 is 0. The van der Waals surface area contributed by atoms with E-state index in [2.05, 4.69) is 0 Å². The van der Waals surface area contributed by atoms with Gasteiger partial charge in [0.1, 0.15) is 0 Å². The van der Waals surface area contributed by atoms with Crippen molar-refractivity contribution in [1.29, 1.82) is 0 Å².